The van der Waals surface area contributed by atoms with Crippen molar-refractivity contribution in [3.05, 3.63) is 222 Å². The minimum Gasteiger partial charge on any atom is -0.310 e. The number of para-hydroxylation sites is 1. The molecule has 9 rings (SSSR count). The number of aryl methyl sites for hydroxylation is 1. The highest BCUT2D eigenvalue weighted by Gasteiger charge is 2.23. The van der Waals surface area contributed by atoms with Gasteiger partial charge >= 0.3 is 0 Å². The van der Waals surface area contributed by atoms with E-state index in [-0.39, 0.29) is 0 Å². The molecule has 0 aromatic heterocycles. The molecule has 0 spiro atoms. The largest absolute Gasteiger partial charge is 0.310 e. The van der Waals surface area contributed by atoms with Crippen LogP contribution in [0.15, 0.2) is 200 Å². The van der Waals surface area contributed by atoms with Crippen LogP contribution in [0, 0.1) is 6.92 Å². The van der Waals surface area contributed by atoms with Crippen molar-refractivity contribution >= 4 is 28.7 Å². The summed E-state index contributed by atoms with van der Waals surface area (Å²) in [5.41, 5.74) is 19.3. The predicted molar refractivity (Wildman–Crippen MR) is 221 cm³/mol. The Morgan fingerprint density at radius 2 is 0.750 bits per heavy atom. The van der Waals surface area contributed by atoms with Crippen LogP contribution in [-0.4, -0.2) is 0 Å². The standard InChI is InChI=1S/C51H37N/c1-36-24-28-39(29-25-36)50(38-14-4-2-5-15-38)34-37-26-30-41(31-27-37)52(40-16-6-3-7-17-40)42-32-33-49-47-22-11-10-20-45(47)43-18-8-9-19-44(43)46-21-12-13-23-48(46)51(49)35-42/h2-35H,1H3/b45-43?,46-44?,49-47?,50-34-,51-48?. The van der Waals surface area contributed by atoms with Gasteiger partial charge in [0.25, 0.3) is 0 Å². The zero-order valence-electron chi connectivity index (χ0n) is 29.1. The van der Waals surface area contributed by atoms with Gasteiger partial charge in [0.15, 0.2) is 0 Å². The van der Waals surface area contributed by atoms with Crippen molar-refractivity contribution in [1.82, 2.24) is 0 Å². The maximum Gasteiger partial charge on any atom is 0.0468 e. The normalized spacial score (nSPS) is 11.7. The molecule has 1 nitrogen and oxygen atoms in total. The minimum atomic E-state index is 1.10. The van der Waals surface area contributed by atoms with Crippen LogP contribution < -0.4 is 4.90 Å². The molecule has 8 aromatic rings. The second-order valence-corrected chi connectivity index (χ2v) is 13.4. The van der Waals surface area contributed by atoms with Crippen LogP contribution in [-0.2, 0) is 0 Å². The molecule has 0 N–H and O–H groups in total. The molecular weight excluding hydrogens is 627 g/mol. The van der Waals surface area contributed by atoms with E-state index in [0.29, 0.717) is 0 Å². The molecule has 8 aromatic carbocycles. The summed E-state index contributed by atoms with van der Waals surface area (Å²) >= 11 is 0. The SMILES string of the molecule is Cc1ccc(/C(=C\c2ccc(N(c3ccccc3)c3ccc4c(c3)-c3ccccc3-c3ccccc3-c3ccccc3-4)cc2)c2ccccc2)cc1. The van der Waals surface area contributed by atoms with E-state index >= 15 is 0 Å². The molecule has 0 atom stereocenters. The Kier molecular flexibility index (Phi) is 8.15. The van der Waals surface area contributed by atoms with Crippen LogP contribution in [0.2, 0.25) is 0 Å². The maximum atomic E-state index is 2.38. The Morgan fingerprint density at radius 3 is 1.29 bits per heavy atom. The molecule has 0 saturated heterocycles. The molecule has 0 amide bonds. The van der Waals surface area contributed by atoms with Gasteiger partial charge in [-0.2, -0.15) is 0 Å². The average molecular weight is 664 g/mol. The van der Waals surface area contributed by atoms with Gasteiger partial charge in [-0.05, 0) is 116 Å². The first-order chi connectivity index (χ1) is 25.7. The number of benzene rings is 8. The lowest BCUT2D eigenvalue weighted by Gasteiger charge is -2.28. The van der Waals surface area contributed by atoms with Gasteiger partial charge in [0, 0.05) is 17.1 Å². The van der Waals surface area contributed by atoms with Crippen molar-refractivity contribution in [2.24, 2.45) is 0 Å². The third-order valence-electron chi connectivity index (χ3n) is 10.1. The Morgan fingerprint density at radius 1 is 0.346 bits per heavy atom. The first kappa shape index (κ1) is 31.3. The van der Waals surface area contributed by atoms with Crippen LogP contribution in [0.5, 0.6) is 0 Å². The van der Waals surface area contributed by atoms with Gasteiger partial charge in [0.2, 0.25) is 0 Å². The third-order valence-corrected chi connectivity index (χ3v) is 10.1. The third kappa shape index (κ3) is 5.83. The van der Waals surface area contributed by atoms with Crippen molar-refractivity contribution in [3.8, 4) is 44.5 Å². The van der Waals surface area contributed by atoms with Crippen LogP contribution >= 0.6 is 0 Å². The Balaban J connectivity index is 1.19. The first-order valence-electron chi connectivity index (χ1n) is 17.9. The monoisotopic (exact) mass is 663 g/mol. The van der Waals surface area contributed by atoms with Crippen molar-refractivity contribution in [3.63, 3.8) is 0 Å². The van der Waals surface area contributed by atoms with E-state index in [1.165, 1.54) is 66.8 Å². The first-order valence-corrected chi connectivity index (χ1v) is 17.9. The summed E-state index contributed by atoms with van der Waals surface area (Å²) in [4.78, 5) is 2.37. The molecule has 0 unspecified atom stereocenters. The molecule has 0 aliphatic heterocycles. The lowest BCUT2D eigenvalue weighted by atomic mass is 9.81. The van der Waals surface area contributed by atoms with Gasteiger partial charge in [-0.1, -0.05) is 169 Å². The van der Waals surface area contributed by atoms with E-state index in [9.17, 15) is 0 Å². The van der Waals surface area contributed by atoms with E-state index in [1.54, 1.807) is 0 Å². The second-order valence-electron chi connectivity index (χ2n) is 13.4. The lowest BCUT2D eigenvalue weighted by molar-refractivity contribution is 1.28. The zero-order chi connectivity index (χ0) is 34.9. The number of anilines is 3. The van der Waals surface area contributed by atoms with Gasteiger partial charge in [-0.3, -0.25) is 0 Å². The van der Waals surface area contributed by atoms with Crippen LogP contribution in [0.4, 0.5) is 17.1 Å². The van der Waals surface area contributed by atoms with E-state index in [2.05, 4.69) is 218 Å². The fraction of sp³-hybridized carbons (Fsp3) is 0.0196. The highest BCUT2D eigenvalue weighted by atomic mass is 15.1. The molecule has 1 aliphatic carbocycles. The van der Waals surface area contributed by atoms with Gasteiger partial charge < -0.3 is 4.90 Å². The molecule has 0 radical (unpaired) electrons. The van der Waals surface area contributed by atoms with Gasteiger partial charge in [0.1, 0.15) is 0 Å². The predicted octanol–water partition coefficient (Wildman–Crippen LogP) is 14.0. The molecule has 1 heteroatoms. The highest BCUT2D eigenvalue weighted by Crippen LogP contribution is 2.49. The fourth-order valence-corrected chi connectivity index (χ4v) is 7.58. The second kappa shape index (κ2) is 13.5. The number of fused-ring (bicyclic) bond motifs is 8. The molecule has 0 saturated carbocycles. The van der Waals surface area contributed by atoms with Gasteiger partial charge in [-0.25, -0.2) is 0 Å². The molecule has 0 fully saturated rings. The lowest BCUT2D eigenvalue weighted by Crippen LogP contribution is -2.10. The number of nitrogens with zero attached hydrogens (tertiary/aromatic N) is 1. The quantitative estimate of drug-likeness (QED) is 0.160. The topological polar surface area (TPSA) is 3.24 Å². The zero-order valence-corrected chi connectivity index (χ0v) is 29.1. The van der Waals surface area contributed by atoms with Crippen molar-refractivity contribution in [2.75, 3.05) is 4.90 Å². The molecule has 246 valence electrons. The summed E-state index contributed by atoms with van der Waals surface area (Å²) in [7, 11) is 0. The number of hydrogen-bond donors (Lipinski definition) is 0. The average Bonchev–Trinajstić information content (AvgIpc) is 3.21. The van der Waals surface area contributed by atoms with Crippen molar-refractivity contribution in [1.29, 1.82) is 0 Å². The summed E-state index contributed by atoms with van der Waals surface area (Å²) in [5.74, 6) is 0. The summed E-state index contributed by atoms with van der Waals surface area (Å²) in [6.07, 6.45) is 2.30. The smallest absolute Gasteiger partial charge is 0.0468 e. The maximum absolute atomic E-state index is 2.38. The molecular formula is C51H37N. The summed E-state index contributed by atoms with van der Waals surface area (Å²) < 4.78 is 0. The van der Waals surface area contributed by atoms with E-state index in [1.807, 2.05) is 0 Å². The van der Waals surface area contributed by atoms with E-state index in [4.69, 9.17) is 0 Å². The van der Waals surface area contributed by atoms with Crippen LogP contribution in [0.1, 0.15) is 22.3 Å². The van der Waals surface area contributed by atoms with Crippen molar-refractivity contribution < 1.29 is 0 Å². The molecule has 52 heavy (non-hydrogen) atoms. The van der Waals surface area contributed by atoms with E-state index < -0.39 is 0 Å². The number of rotatable bonds is 6. The molecule has 0 heterocycles. The fourth-order valence-electron chi connectivity index (χ4n) is 7.58. The molecule has 0 bridgehead atoms. The highest BCUT2D eigenvalue weighted by molar-refractivity contribution is 6.04. The summed E-state index contributed by atoms with van der Waals surface area (Å²) in [6, 6.07) is 72.6. The van der Waals surface area contributed by atoms with Crippen molar-refractivity contribution in [2.45, 2.75) is 6.92 Å². The summed E-state index contributed by atoms with van der Waals surface area (Å²) in [5, 5.41) is 0. The van der Waals surface area contributed by atoms with E-state index in [0.717, 1.165) is 22.6 Å². The molecule has 1 aliphatic rings. The Hall–Kier alpha value is -6.70. The summed E-state index contributed by atoms with van der Waals surface area (Å²) in [6.45, 7) is 2.13. The van der Waals surface area contributed by atoms with Gasteiger partial charge in [-0.15, -0.1) is 0 Å². The van der Waals surface area contributed by atoms with Crippen LogP contribution in [0.3, 0.4) is 0 Å². The Bertz CT molecular complexity index is 2540. The Labute approximate surface area is 306 Å². The van der Waals surface area contributed by atoms with Crippen LogP contribution in [0.25, 0.3) is 56.2 Å². The van der Waals surface area contributed by atoms with Gasteiger partial charge in [0.05, 0.1) is 0 Å². The number of hydrogen-bond acceptors (Lipinski definition) is 1. The minimum absolute atomic E-state index is 1.10.